The standard InChI is InChI=1S/C23H19IN2.C9H9N3.2ClH/c1-18-25-22(24)17-26(18)23(19-11-5-2-6-12-19,20-13-7-3-8-14-20)21-15-9-4-10-16-21;1-7-11-6-9(12-7)8-3-2-4-10-5-8;;/h2-17H,1H3;2-6H,1H3,(H,11,12);2*1H. The molecule has 8 heteroatoms. The molecule has 0 spiro atoms. The highest BCUT2D eigenvalue weighted by Crippen LogP contribution is 2.41. The van der Waals surface area contributed by atoms with E-state index >= 15 is 0 Å². The first-order valence-corrected chi connectivity index (χ1v) is 13.5. The SMILES string of the molecule is Cc1nc(I)cn1C(c1ccccc1)(c1ccccc1)c1ccccc1.Cc1ncc(-c2cccnc2)[nH]1.Cl.Cl. The molecule has 0 fully saturated rings. The third-order valence-corrected chi connectivity index (χ3v) is 6.98. The van der Waals surface area contributed by atoms with Gasteiger partial charge in [-0.25, -0.2) is 9.97 Å². The van der Waals surface area contributed by atoms with Crippen molar-refractivity contribution in [1.29, 1.82) is 0 Å². The number of aryl methyl sites for hydroxylation is 2. The Labute approximate surface area is 261 Å². The molecule has 5 nitrogen and oxygen atoms in total. The number of nitrogens with one attached hydrogen (secondary N) is 1. The van der Waals surface area contributed by atoms with Crippen molar-refractivity contribution in [1.82, 2.24) is 24.5 Å². The fourth-order valence-corrected chi connectivity index (χ4v) is 5.45. The predicted molar refractivity (Wildman–Crippen MR) is 175 cm³/mol. The van der Waals surface area contributed by atoms with Crippen LogP contribution < -0.4 is 0 Å². The van der Waals surface area contributed by atoms with Gasteiger partial charge in [-0.15, -0.1) is 24.8 Å². The van der Waals surface area contributed by atoms with Crippen LogP contribution in [0.1, 0.15) is 28.3 Å². The van der Waals surface area contributed by atoms with E-state index in [4.69, 9.17) is 4.98 Å². The van der Waals surface area contributed by atoms with Gasteiger partial charge in [-0.2, -0.15) is 0 Å². The molecule has 0 aliphatic carbocycles. The van der Waals surface area contributed by atoms with Crippen molar-refractivity contribution in [3.05, 3.63) is 160 Å². The molecule has 0 amide bonds. The number of hydrogen-bond acceptors (Lipinski definition) is 3. The van der Waals surface area contributed by atoms with Crippen LogP contribution in [0.2, 0.25) is 0 Å². The minimum absolute atomic E-state index is 0. The predicted octanol–water partition coefficient (Wildman–Crippen LogP) is 8.26. The maximum atomic E-state index is 4.70. The van der Waals surface area contributed by atoms with Gasteiger partial charge in [0.15, 0.2) is 0 Å². The Morgan fingerprint density at radius 3 is 1.60 bits per heavy atom. The summed E-state index contributed by atoms with van der Waals surface area (Å²) in [7, 11) is 0. The van der Waals surface area contributed by atoms with Crippen LogP contribution in [-0.4, -0.2) is 24.5 Å². The highest BCUT2D eigenvalue weighted by molar-refractivity contribution is 14.1. The van der Waals surface area contributed by atoms with Crippen LogP contribution >= 0.6 is 47.4 Å². The lowest BCUT2D eigenvalue weighted by atomic mass is 9.76. The van der Waals surface area contributed by atoms with Crippen molar-refractivity contribution in [2.45, 2.75) is 19.4 Å². The molecule has 0 aliphatic rings. The van der Waals surface area contributed by atoms with Crippen molar-refractivity contribution in [3.8, 4) is 11.3 Å². The minimum Gasteiger partial charge on any atom is -0.342 e. The summed E-state index contributed by atoms with van der Waals surface area (Å²) >= 11 is 2.29. The number of benzene rings is 3. The van der Waals surface area contributed by atoms with Crippen LogP contribution in [0.25, 0.3) is 11.3 Å². The van der Waals surface area contributed by atoms with Crippen LogP contribution in [0.15, 0.2) is 128 Å². The molecule has 0 bridgehead atoms. The second kappa shape index (κ2) is 14.3. The molecule has 3 aromatic carbocycles. The van der Waals surface area contributed by atoms with Crippen LogP contribution in [-0.2, 0) is 5.54 Å². The first-order valence-electron chi connectivity index (χ1n) is 12.4. The average Bonchev–Trinajstić information content (AvgIpc) is 3.56. The molecule has 6 rings (SSSR count). The summed E-state index contributed by atoms with van der Waals surface area (Å²) in [6.07, 6.45) is 7.52. The van der Waals surface area contributed by atoms with Crippen molar-refractivity contribution in [3.63, 3.8) is 0 Å². The van der Waals surface area contributed by atoms with Crippen molar-refractivity contribution >= 4 is 47.4 Å². The number of nitrogens with zero attached hydrogens (tertiary/aromatic N) is 4. The first kappa shape index (κ1) is 31.1. The molecule has 204 valence electrons. The molecular weight excluding hydrogens is 652 g/mol. The second-order valence-corrected chi connectivity index (χ2v) is 10.0. The molecule has 0 aliphatic heterocycles. The van der Waals surface area contributed by atoms with E-state index in [9.17, 15) is 0 Å². The van der Waals surface area contributed by atoms with Gasteiger partial charge in [0.1, 0.15) is 20.9 Å². The molecule has 0 saturated heterocycles. The summed E-state index contributed by atoms with van der Waals surface area (Å²) in [4.78, 5) is 16.0. The Morgan fingerprint density at radius 1 is 0.700 bits per heavy atom. The Bertz CT molecular complexity index is 1490. The largest absolute Gasteiger partial charge is 0.342 e. The molecule has 40 heavy (non-hydrogen) atoms. The fraction of sp³-hybridized carbons (Fsp3) is 0.0938. The third-order valence-electron chi connectivity index (χ3n) is 6.46. The van der Waals surface area contributed by atoms with Gasteiger partial charge in [-0.1, -0.05) is 91.0 Å². The second-order valence-electron chi connectivity index (χ2n) is 8.91. The third kappa shape index (κ3) is 6.46. The zero-order valence-corrected chi connectivity index (χ0v) is 25.9. The highest BCUT2D eigenvalue weighted by atomic mass is 127. The monoisotopic (exact) mass is 681 g/mol. The summed E-state index contributed by atoms with van der Waals surface area (Å²) in [5.41, 5.74) is 5.26. The molecule has 0 unspecified atom stereocenters. The van der Waals surface area contributed by atoms with E-state index in [1.54, 1.807) is 6.20 Å². The number of halogens is 3. The van der Waals surface area contributed by atoms with Crippen LogP contribution in [0.3, 0.4) is 0 Å². The van der Waals surface area contributed by atoms with E-state index in [1.165, 1.54) is 16.7 Å². The molecule has 3 heterocycles. The van der Waals surface area contributed by atoms with Crippen molar-refractivity contribution in [2.75, 3.05) is 0 Å². The Morgan fingerprint density at radius 2 is 1.23 bits per heavy atom. The maximum absolute atomic E-state index is 4.70. The number of aromatic nitrogens is 5. The smallest absolute Gasteiger partial charge is 0.121 e. The number of H-pyrrole nitrogens is 1. The molecule has 0 radical (unpaired) electrons. The Hall–Kier alpha value is -3.46. The number of rotatable bonds is 5. The van der Waals surface area contributed by atoms with Crippen LogP contribution in [0, 0.1) is 17.5 Å². The van der Waals surface area contributed by atoms with Gasteiger partial charge in [0, 0.05) is 24.2 Å². The van der Waals surface area contributed by atoms with E-state index in [0.717, 1.165) is 26.6 Å². The molecule has 0 atom stereocenters. The summed E-state index contributed by atoms with van der Waals surface area (Å²) in [5.74, 6) is 1.92. The van der Waals surface area contributed by atoms with Gasteiger partial charge in [0.25, 0.3) is 0 Å². The molecule has 1 N–H and O–H groups in total. The maximum Gasteiger partial charge on any atom is 0.121 e. The van der Waals surface area contributed by atoms with E-state index in [-0.39, 0.29) is 24.8 Å². The summed E-state index contributed by atoms with van der Waals surface area (Å²) in [6.45, 7) is 4.01. The van der Waals surface area contributed by atoms with Gasteiger partial charge >= 0.3 is 0 Å². The number of hydrogen-bond donors (Lipinski definition) is 1. The van der Waals surface area contributed by atoms with E-state index in [0.29, 0.717) is 0 Å². The summed E-state index contributed by atoms with van der Waals surface area (Å²) < 4.78 is 3.29. The zero-order chi connectivity index (χ0) is 26.4. The van der Waals surface area contributed by atoms with Gasteiger partial charge in [0.05, 0.1) is 11.9 Å². The van der Waals surface area contributed by atoms with E-state index in [2.05, 4.69) is 146 Å². The lowest BCUT2D eigenvalue weighted by molar-refractivity contribution is 0.502. The Kier molecular flexibility index (Phi) is 11.1. The normalized spacial score (nSPS) is 10.5. The van der Waals surface area contributed by atoms with E-state index in [1.807, 2.05) is 31.5 Å². The minimum atomic E-state index is -0.468. The average molecular weight is 682 g/mol. The molecular formula is C32H30Cl2IN5. The van der Waals surface area contributed by atoms with Gasteiger partial charge < -0.3 is 9.55 Å². The lowest BCUT2D eigenvalue weighted by Crippen LogP contribution is -2.38. The van der Waals surface area contributed by atoms with Crippen molar-refractivity contribution < 1.29 is 0 Å². The molecule has 6 aromatic rings. The highest BCUT2D eigenvalue weighted by Gasteiger charge is 2.39. The van der Waals surface area contributed by atoms with E-state index < -0.39 is 5.54 Å². The summed E-state index contributed by atoms with van der Waals surface area (Å²) in [6, 6.07) is 35.9. The first-order chi connectivity index (χ1) is 18.6. The quantitative estimate of drug-likeness (QED) is 0.147. The topological polar surface area (TPSA) is 59.4 Å². The number of imidazole rings is 2. The Balaban J connectivity index is 0.000000266. The van der Waals surface area contributed by atoms with Gasteiger partial charge in [-0.3, -0.25) is 4.98 Å². The summed E-state index contributed by atoms with van der Waals surface area (Å²) in [5, 5.41) is 0. The molecule has 3 aromatic heterocycles. The van der Waals surface area contributed by atoms with Gasteiger partial charge in [0.2, 0.25) is 0 Å². The fourth-order valence-electron chi connectivity index (χ4n) is 4.82. The van der Waals surface area contributed by atoms with Crippen molar-refractivity contribution in [2.24, 2.45) is 0 Å². The van der Waals surface area contributed by atoms with Crippen LogP contribution in [0.4, 0.5) is 0 Å². The number of aromatic amines is 1. The van der Waals surface area contributed by atoms with Gasteiger partial charge in [-0.05, 0) is 65.3 Å². The number of pyridine rings is 1. The van der Waals surface area contributed by atoms with Crippen LogP contribution in [0.5, 0.6) is 0 Å². The molecule has 0 saturated carbocycles. The zero-order valence-electron chi connectivity index (χ0n) is 22.1. The lowest BCUT2D eigenvalue weighted by Gasteiger charge is -2.38.